The van der Waals surface area contributed by atoms with E-state index in [-0.39, 0.29) is 0 Å². The first kappa shape index (κ1) is 15.9. The van der Waals surface area contributed by atoms with Gasteiger partial charge in [0.05, 0.1) is 27.7 Å². The average Bonchev–Trinajstić information content (AvgIpc) is 3.04. The van der Waals surface area contributed by atoms with Crippen LogP contribution in [0.5, 0.6) is 0 Å². The number of thiazole rings is 1. The summed E-state index contributed by atoms with van der Waals surface area (Å²) in [5.41, 5.74) is 9.25. The zero-order valence-electron chi connectivity index (χ0n) is 14.3. The van der Waals surface area contributed by atoms with E-state index >= 15 is 0 Å². The van der Waals surface area contributed by atoms with E-state index < -0.39 is 0 Å². The van der Waals surface area contributed by atoms with Crippen molar-refractivity contribution >= 4 is 17.0 Å². The Bertz CT molecular complexity index is 930. The minimum absolute atomic E-state index is 0.965. The van der Waals surface area contributed by atoms with Gasteiger partial charge in [-0.1, -0.05) is 6.07 Å². The van der Waals surface area contributed by atoms with Crippen molar-refractivity contribution in [3.63, 3.8) is 0 Å². The summed E-state index contributed by atoms with van der Waals surface area (Å²) in [6.07, 6.45) is 6.78. The number of hydrogen-bond donors (Lipinski definition) is 1. The molecule has 0 aromatic carbocycles. The molecular weight excluding hydrogens is 330 g/mol. The molecule has 1 aliphatic rings. The van der Waals surface area contributed by atoms with Crippen LogP contribution < -0.4 is 5.43 Å². The maximum atomic E-state index is 4.94. The van der Waals surface area contributed by atoms with Crippen LogP contribution in [0.25, 0.3) is 21.1 Å². The number of rotatable bonds is 3. The van der Waals surface area contributed by atoms with Gasteiger partial charge >= 0.3 is 0 Å². The zero-order valence-corrected chi connectivity index (χ0v) is 15.1. The van der Waals surface area contributed by atoms with E-state index in [0.717, 1.165) is 57.5 Å². The predicted molar refractivity (Wildman–Crippen MR) is 102 cm³/mol. The van der Waals surface area contributed by atoms with Gasteiger partial charge in [-0.05, 0) is 49.9 Å². The van der Waals surface area contributed by atoms with Gasteiger partial charge in [0.1, 0.15) is 5.01 Å². The van der Waals surface area contributed by atoms with Crippen LogP contribution in [-0.4, -0.2) is 27.7 Å². The molecule has 0 saturated carbocycles. The van der Waals surface area contributed by atoms with Crippen LogP contribution >= 0.6 is 11.3 Å². The number of aromatic nitrogens is 3. The molecule has 0 atom stereocenters. The van der Waals surface area contributed by atoms with Gasteiger partial charge in [0.15, 0.2) is 0 Å². The summed E-state index contributed by atoms with van der Waals surface area (Å²) in [6, 6.07) is 8.26. The minimum Gasteiger partial charge on any atom is -0.313 e. The van der Waals surface area contributed by atoms with Crippen LogP contribution in [0.4, 0.5) is 0 Å². The first-order valence-electron chi connectivity index (χ1n) is 8.38. The summed E-state index contributed by atoms with van der Waals surface area (Å²) in [5.74, 6) is 0. The van der Waals surface area contributed by atoms with Crippen molar-refractivity contribution in [3.05, 3.63) is 53.6 Å². The molecule has 0 amide bonds. The van der Waals surface area contributed by atoms with E-state index in [9.17, 15) is 0 Å². The molecule has 1 N–H and O–H groups in total. The number of pyridine rings is 2. The van der Waals surface area contributed by atoms with Crippen molar-refractivity contribution in [2.75, 3.05) is 7.05 Å². The first-order valence-corrected chi connectivity index (χ1v) is 9.19. The Labute approximate surface area is 150 Å². The summed E-state index contributed by atoms with van der Waals surface area (Å²) in [7, 11) is 1.83. The van der Waals surface area contributed by atoms with Crippen molar-refractivity contribution in [1.82, 2.24) is 20.4 Å². The smallest absolute Gasteiger partial charge is 0.125 e. The van der Waals surface area contributed by atoms with Crippen molar-refractivity contribution in [2.45, 2.75) is 26.2 Å². The fourth-order valence-electron chi connectivity index (χ4n) is 3.12. The normalized spacial score (nSPS) is 15.2. The third-order valence-electron chi connectivity index (χ3n) is 4.30. The molecule has 3 aromatic rings. The third kappa shape index (κ3) is 3.05. The molecule has 25 heavy (non-hydrogen) atoms. The van der Waals surface area contributed by atoms with E-state index in [0.29, 0.717) is 0 Å². The Balaban J connectivity index is 1.77. The second kappa shape index (κ2) is 6.72. The van der Waals surface area contributed by atoms with Gasteiger partial charge < -0.3 is 5.43 Å². The van der Waals surface area contributed by atoms with Crippen LogP contribution in [0.1, 0.15) is 29.8 Å². The molecule has 4 rings (SSSR count). The highest BCUT2D eigenvalue weighted by Crippen LogP contribution is 2.35. The number of hydrogen-bond acceptors (Lipinski definition) is 6. The summed E-state index contributed by atoms with van der Waals surface area (Å²) < 4.78 is 0. The molecule has 3 heterocycles. The van der Waals surface area contributed by atoms with Crippen molar-refractivity contribution in [1.29, 1.82) is 0 Å². The lowest BCUT2D eigenvalue weighted by Crippen LogP contribution is -2.17. The van der Waals surface area contributed by atoms with Crippen molar-refractivity contribution in [2.24, 2.45) is 5.10 Å². The van der Waals surface area contributed by atoms with Crippen molar-refractivity contribution < 1.29 is 0 Å². The zero-order chi connectivity index (χ0) is 17.2. The SMILES string of the molecule is CN/N=C1\CCCc2ccc(-c3sc(-c4cccnc4)nc3C)nc21. The lowest BCUT2D eigenvalue weighted by atomic mass is 9.94. The standard InChI is InChI=1S/C19H19N5S/c1-12-18(25-19(22-12)14-6-4-10-21-11-14)16-9-8-13-5-3-7-15(24-20-2)17(13)23-16/h4,6,8-11,20H,3,5,7H2,1-2H3/b24-15+. The molecule has 0 saturated heterocycles. The average molecular weight is 349 g/mol. The summed E-state index contributed by atoms with van der Waals surface area (Å²) in [6.45, 7) is 2.04. The molecule has 3 aromatic heterocycles. The van der Waals surface area contributed by atoms with Crippen LogP contribution in [0, 0.1) is 6.92 Å². The molecule has 0 aliphatic heterocycles. The van der Waals surface area contributed by atoms with E-state index in [1.165, 1.54) is 5.56 Å². The monoisotopic (exact) mass is 349 g/mol. The van der Waals surface area contributed by atoms with E-state index in [1.807, 2.05) is 32.3 Å². The van der Waals surface area contributed by atoms with E-state index in [2.05, 4.69) is 27.6 Å². The largest absolute Gasteiger partial charge is 0.313 e. The molecule has 5 nitrogen and oxygen atoms in total. The number of nitrogens with one attached hydrogen (secondary N) is 1. The number of hydrazone groups is 1. The summed E-state index contributed by atoms with van der Waals surface area (Å²) in [4.78, 5) is 15.0. The quantitative estimate of drug-likeness (QED) is 0.730. The Kier molecular flexibility index (Phi) is 4.28. The number of fused-ring (bicyclic) bond motifs is 1. The Hall–Kier alpha value is -2.60. The lowest BCUT2D eigenvalue weighted by Gasteiger charge is -2.17. The van der Waals surface area contributed by atoms with E-state index in [1.54, 1.807) is 17.5 Å². The lowest BCUT2D eigenvalue weighted by molar-refractivity contribution is 0.802. The predicted octanol–water partition coefficient (Wildman–Crippen LogP) is 3.84. The summed E-state index contributed by atoms with van der Waals surface area (Å²) in [5, 5.41) is 5.39. The Morgan fingerprint density at radius 1 is 1.16 bits per heavy atom. The van der Waals surface area contributed by atoms with Crippen molar-refractivity contribution in [3.8, 4) is 21.1 Å². The number of aryl methyl sites for hydroxylation is 2. The fourth-order valence-corrected chi connectivity index (χ4v) is 4.15. The summed E-state index contributed by atoms with van der Waals surface area (Å²) >= 11 is 1.66. The van der Waals surface area contributed by atoms with Gasteiger partial charge in [0.25, 0.3) is 0 Å². The Morgan fingerprint density at radius 2 is 2.08 bits per heavy atom. The minimum atomic E-state index is 0.965. The van der Waals surface area contributed by atoms with Crippen LogP contribution in [0.2, 0.25) is 0 Å². The molecule has 0 fully saturated rings. The van der Waals surface area contributed by atoms with Gasteiger partial charge in [-0.15, -0.1) is 11.3 Å². The second-order valence-corrected chi connectivity index (χ2v) is 7.01. The highest BCUT2D eigenvalue weighted by Gasteiger charge is 2.20. The molecule has 126 valence electrons. The molecule has 0 radical (unpaired) electrons. The van der Waals surface area contributed by atoms with Gasteiger partial charge in [-0.25, -0.2) is 9.97 Å². The van der Waals surface area contributed by atoms with Crippen LogP contribution in [0.15, 0.2) is 41.8 Å². The maximum Gasteiger partial charge on any atom is 0.125 e. The molecule has 0 unspecified atom stereocenters. The number of nitrogens with zero attached hydrogens (tertiary/aromatic N) is 4. The maximum absolute atomic E-state index is 4.94. The molecule has 1 aliphatic carbocycles. The Morgan fingerprint density at radius 3 is 2.88 bits per heavy atom. The highest BCUT2D eigenvalue weighted by atomic mass is 32.1. The van der Waals surface area contributed by atoms with Gasteiger partial charge in [-0.3, -0.25) is 4.98 Å². The van der Waals surface area contributed by atoms with Gasteiger partial charge in [0.2, 0.25) is 0 Å². The highest BCUT2D eigenvalue weighted by molar-refractivity contribution is 7.18. The van der Waals surface area contributed by atoms with E-state index in [4.69, 9.17) is 9.97 Å². The fraction of sp³-hybridized carbons (Fsp3) is 0.263. The molecule has 0 spiro atoms. The third-order valence-corrected chi connectivity index (χ3v) is 5.53. The van der Waals surface area contributed by atoms with Gasteiger partial charge in [0, 0.05) is 25.0 Å². The van der Waals surface area contributed by atoms with Gasteiger partial charge in [-0.2, -0.15) is 5.10 Å². The first-order chi connectivity index (χ1) is 12.3. The molecule has 0 bridgehead atoms. The second-order valence-electron chi connectivity index (χ2n) is 6.02. The van der Waals surface area contributed by atoms with Crippen LogP contribution in [-0.2, 0) is 6.42 Å². The topological polar surface area (TPSA) is 63.1 Å². The molecule has 6 heteroatoms. The molecular formula is C19H19N5S. The van der Waals surface area contributed by atoms with Crippen LogP contribution in [0.3, 0.4) is 0 Å².